The summed E-state index contributed by atoms with van der Waals surface area (Å²) in [7, 11) is 0. The van der Waals surface area contributed by atoms with Crippen molar-refractivity contribution < 1.29 is 5.11 Å². The Balaban J connectivity index is 1.68. The molecule has 1 fully saturated rings. The second-order valence-electron chi connectivity index (χ2n) is 6.41. The lowest BCUT2D eigenvalue weighted by Gasteiger charge is -2.28. The molecule has 0 bridgehead atoms. The molecule has 1 aliphatic heterocycles. The van der Waals surface area contributed by atoms with Crippen molar-refractivity contribution in [2.45, 2.75) is 36.8 Å². The first kappa shape index (κ1) is 14.5. The lowest BCUT2D eigenvalue weighted by atomic mass is 9.80. The predicted molar refractivity (Wildman–Crippen MR) is 88.1 cm³/mol. The maximum absolute atomic E-state index is 11.0. The van der Waals surface area contributed by atoms with Gasteiger partial charge in [0.05, 0.1) is 28.0 Å². The van der Waals surface area contributed by atoms with Gasteiger partial charge in [0.15, 0.2) is 0 Å². The van der Waals surface area contributed by atoms with Gasteiger partial charge in [-0.1, -0.05) is 11.6 Å². The minimum Gasteiger partial charge on any atom is -0.388 e. The van der Waals surface area contributed by atoms with E-state index in [0.29, 0.717) is 18.0 Å². The average Bonchev–Trinajstić information content (AvgIpc) is 3.17. The zero-order valence-corrected chi connectivity index (χ0v) is 14.2. The van der Waals surface area contributed by atoms with Crippen LogP contribution in [0.5, 0.6) is 0 Å². The van der Waals surface area contributed by atoms with E-state index >= 15 is 0 Å². The number of aromatic nitrogens is 3. The van der Waals surface area contributed by atoms with Crippen molar-refractivity contribution in [3.63, 3.8) is 0 Å². The smallest absolute Gasteiger partial charge is 0.131 e. The monoisotopic (exact) mass is 382 g/mol. The van der Waals surface area contributed by atoms with Crippen LogP contribution >= 0.6 is 27.5 Å². The van der Waals surface area contributed by atoms with Crippen LogP contribution in [0.4, 0.5) is 5.82 Å². The summed E-state index contributed by atoms with van der Waals surface area (Å²) in [6.45, 7) is 1.33. The molecule has 3 heterocycles. The van der Waals surface area contributed by atoms with E-state index in [9.17, 15) is 5.11 Å². The molecule has 0 radical (unpaired) electrons. The van der Waals surface area contributed by atoms with Crippen molar-refractivity contribution in [3.8, 4) is 0 Å². The molecule has 116 valence electrons. The zero-order valence-electron chi connectivity index (χ0n) is 11.9. The van der Waals surface area contributed by atoms with E-state index in [1.165, 1.54) is 0 Å². The molecule has 1 spiro atoms. The normalized spacial score (nSPS) is 29.8. The molecule has 2 N–H and O–H groups in total. The molecule has 0 aromatic carbocycles. The molecule has 7 heteroatoms. The van der Waals surface area contributed by atoms with Crippen LogP contribution in [-0.2, 0) is 12.0 Å². The van der Waals surface area contributed by atoms with Gasteiger partial charge in [-0.3, -0.25) is 0 Å². The quantitative estimate of drug-likeness (QED) is 0.837. The van der Waals surface area contributed by atoms with E-state index in [1.54, 1.807) is 18.7 Å². The highest BCUT2D eigenvalue weighted by molar-refractivity contribution is 9.10. The Morgan fingerprint density at radius 2 is 2.32 bits per heavy atom. The summed E-state index contributed by atoms with van der Waals surface area (Å²) in [6, 6.07) is 0. The summed E-state index contributed by atoms with van der Waals surface area (Å²) in [5.74, 6) is 0.847. The third-order valence-electron chi connectivity index (χ3n) is 4.87. The number of nitrogens with zero attached hydrogens (tertiary/aromatic N) is 3. The van der Waals surface area contributed by atoms with Crippen molar-refractivity contribution in [3.05, 3.63) is 40.0 Å². The average molecular weight is 384 g/mol. The molecule has 2 unspecified atom stereocenters. The first-order valence-electron chi connectivity index (χ1n) is 7.28. The van der Waals surface area contributed by atoms with E-state index in [2.05, 4.69) is 31.2 Å². The highest BCUT2D eigenvalue weighted by atomic mass is 79.9. The molecular formula is C15H16BrClN4O. The summed E-state index contributed by atoms with van der Waals surface area (Å²) >= 11 is 9.98. The Morgan fingerprint density at radius 1 is 1.45 bits per heavy atom. The van der Waals surface area contributed by atoms with E-state index in [0.717, 1.165) is 35.2 Å². The van der Waals surface area contributed by atoms with Gasteiger partial charge in [-0.2, -0.15) is 0 Å². The second-order valence-corrected chi connectivity index (χ2v) is 7.65. The summed E-state index contributed by atoms with van der Waals surface area (Å²) in [5, 5.41) is 15.1. The minimum atomic E-state index is -0.740. The number of anilines is 1. The Labute approximate surface area is 141 Å². The SMILES string of the molecule is OC1(Cn2ccnc2)CCC2(CNc3ncc(Br)c(Cl)c32)C1. The van der Waals surface area contributed by atoms with Crippen LogP contribution in [0.25, 0.3) is 0 Å². The standard InChI is InChI=1S/C15H16BrClN4O/c16-10-5-19-13-11(12(10)17)14(7-20-13)1-2-15(22,6-14)8-21-4-3-18-9-21/h3-5,9,22H,1-2,6-8H2,(H,19,20). The van der Waals surface area contributed by atoms with Crippen molar-refractivity contribution in [1.82, 2.24) is 14.5 Å². The maximum Gasteiger partial charge on any atom is 0.131 e. The number of hydrogen-bond acceptors (Lipinski definition) is 4. The molecule has 0 saturated heterocycles. The van der Waals surface area contributed by atoms with Crippen LogP contribution in [0.1, 0.15) is 24.8 Å². The van der Waals surface area contributed by atoms with Gasteiger partial charge in [-0.05, 0) is 35.2 Å². The van der Waals surface area contributed by atoms with Crippen molar-refractivity contribution in [1.29, 1.82) is 0 Å². The van der Waals surface area contributed by atoms with Crippen LogP contribution < -0.4 is 5.32 Å². The zero-order chi connectivity index (χ0) is 15.4. The number of pyridine rings is 1. The number of halogens is 2. The minimum absolute atomic E-state index is 0.140. The number of fused-ring (bicyclic) bond motifs is 2. The molecule has 22 heavy (non-hydrogen) atoms. The topological polar surface area (TPSA) is 63.0 Å². The highest BCUT2D eigenvalue weighted by Crippen LogP contribution is 2.54. The van der Waals surface area contributed by atoms with Crippen LogP contribution in [0.3, 0.4) is 0 Å². The molecule has 2 aromatic rings. The van der Waals surface area contributed by atoms with Crippen LogP contribution in [0, 0.1) is 0 Å². The fourth-order valence-corrected chi connectivity index (χ4v) is 4.56. The Morgan fingerprint density at radius 3 is 3.09 bits per heavy atom. The molecule has 5 nitrogen and oxygen atoms in total. The van der Waals surface area contributed by atoms with Gasteiger partial charge in [0, 0.05) is 36.1 Å². The number of hydrogen-bond donors (Lipinski definition) is 2. The van der Waals surface area contributed by atoms with E-state index in [1.807, 2.05) is 10.8 Å². The van der Waals surface area contributed by atoms with Crippen LogP contribution in [-0.4, -0.2) is 31.8 Å². The van der Waals surface area contributed by atoms with Crippen LogP contribution in [0.2, 0.25) is 5.02 Å². The van der Waals surface area contributed by atoms with Crippen molar-refractivity contribution in [2.24, 2.45) is 0 Å². The van der Waals surface area contributed by atoms with Gasteiger partial charge in [0.1, 0.15) is 5.82 Å². The molecule has 2 aliphatic rings. The Kier molecular flexibility index (Phi) is 3.25. The first-order valence-corrected chi connectivity index (χ1v) is 8.45. The predicted octanol–water partition coefficient (Wildman–Crippen LogP) is 2.97. The molecule has 2 atom stereocenters. The number of imidazole rings is 1. The molecule has 0 amide bonds. The fourth-order valence-electron chi connectivity index (χ4n) is 3.92. The molecule has 2 aromatic heterocycles. The van der Waals surface area contributed by atoms with Gasteiger partial charge in [0.25, 0.3) is 0 Å². The summed E-state index contributed by atoms with van der Waals surface area (Å²) in [5.41, 5.74) is 0.166. The fraction of sp³-hybridized carbons (Fsp3) is 0.467. The Hall–Kier alpha value is -1.11. The van der Waals surface area contributed by atoms with Crippen molar-refractivity contribution in [2.75, 3.05) is 11.9 Å². The van der Waals surface area contributed by atoms with Crippen LogP contribution in [0.15, 0.2) is 29.4 Å². The maximum atomic E-state index is 11.0. The third-order valence-corrected chi connectivity index (χ3v) is 6.09. The number of aliphatic hydroxyl groups is 1. The molecule has 1 saturated carbocycles. The van der Waals surface area contributed by atoms with E-state index in [4.69, 9.17) is 11.6 Å². The van der Waals surface area contributed by atoms with E-state index in [-0.39, 0.29) is 5.41 Å². The molecule has 4 rings (SSSR count). The lowest BCUT2D eigenvalue weighted by molar-refractivity contribution is 0.0244. The van der Waals surface area contributed by atoms with Gasteiger partial charge in [0.2, 0.25) is 0 Å². The lowest BCUT2D eigenvalue weighted by Crippen LogP contribution is -2.35. The first-order chi connectivity index (χ1) is 10.5. The number of rotatable bonds is 2. The van der Waals surface area contributed by atoms with Gasteiger partial charge >= 0.3 is 0 Å². The Bertz CT molecular complexity index is 723. The van der Waals surface area contributed by atoms with Gasteiger partial charge < -0.3 is 15.0 Å². The molecule has 1 aliphatic carbocycles. The van der Waals surface area contributed by atoms with E-state index < -0.39 is 5.60 Å². The summed E-state index contributed by atoms with van der Waals surface area (Å²) < 4.78 is 2.74. The highest BCUT2D eigenvalue weighted by Gasteiger charge is 2.52. The van der Waals surface area contributed by atoms with Gasteiger partial charge in [-0.15, -0.1) is 0 Å². The second kappa shape index (κ2) is 4.94. The largest absolute Gasteiger partial charge is 0.388 e. The summed E-state index contributed by atoms with van der Waals surface area (Å²) in [6.07, 6.45) is 9.41. The van der Waals surface area contributed by atoms with Gasteiger partial charge in [-0.25, -0.2) is 9.97 Å². The third kappa shape index (κ3) is 2.16. The summed E-state index contributed by atoms with van der Waals surface area (Å²) in [4.78, 5) is 8.47. The number of nitrogens with one attached hydrogen (secondary N) is 1. The molecular weight excluding hydrogens is 368 g/mol. The van der Waals surface area contributed by atoms with Crippen molar-refractivity contribution >= 4 is 33.3 Å².